The van der Waals surface area contributed by atoms with Crippen LogP contribution in [0.3, 0.4) is 0 Å². The van der Waals surface area contributed by atoms with E-state index in [9.17, 15) is 4.79 Å². The number of nitrogens with zero attached hydrogens (tertiary/aromatic N) is 2. The number of nitriles is 1. The highest BCUT2D eigenvalue weighted by Crippen LogP contribution is 2.20. The average Bonchev–Trinajstić information content (AvgIpc) is 2.51. The first-order valence-electron chi connectivity index (χ1n) is 6.77. The summed E-state index contributed by atoms with van der Waals surface area (Å²) in [5, 5.41) is 12.3. The number of carbonyl (C=O) groups is 1. The van der Waals surface area contributed by atoms with Gasteiger partial charge in [-0.15, -0.1) is 0 Å². The van der Waals surface area contributed by atoms with Gasteiger partial charge < -0.3 is 10.2 Å². The minimum atomic E-state index is -0.229. The fourth-order valence-electron chi connectivity index (χ4n) is 2.02. The molecular weight excluding hydrogens is 298 g/mol. The zero-order valence-corrected chi connectivity index (χ0v) is 13.2. The largest absolute Gasteiger partial charge is 0.323 e. The highest BCUT2D eigenvalue weighted by Gasteiger charge is 2.11. The van der Waals surface area contributed by atoms with Gasteiger partial charge in [-0.2, -0.15) is 5.26 Å². The molecule has 22 heavy (non-hydrogen) atoms. The van der Waals surface area contributed by atoms with Gasteiger partial charge in [0.15, 0.2) is 0 Å². The molecule has 0 fully saturated rings. The van der Waals surface area contributed by atoms with Crippen LogP contribution in [0.5, 0.6) is 0 Å². The van der Waals surface area contributed by atoms with Crippen LogP contribution < -0.4 is 5.32 Å². The van der Waals surface area contributed by atoms with E-state index in [1.165, 1.54) is 0 Å². The first-order chi connectivity index (χ1) is 10.5. The number of halogens is 1. The van der Waals surface area contributed by atoms with Gasteiger partial charge in [0, 0.05) is 24.3 Å². The van der Waals surface area contributed by atoms with E-state index in [0.29, 0.717) is 22.8 Å². The van der Waals surface area contributed by atoms with Gasteiger partial charge >= 0.3 is 6.03 Å². The molecule has 0 bridgehead atoms. The number of hydrogen-bond acceptors (Lipinski definition) is 2. The molecule has 2 aromatic carbocycles. The van der Waals surface area contributed by atoms with Crippen LogP contribution in [-0.4, -0.2) is 18.0 Å². The summed E-state index contributed by atoms with van der Waals surface area (Å²) in [7, 11) is 1.70. The molecule has 0 aliphatic heterocycles. The zero-order chi connectivity index (χ0) is 16.1. The molecule has 0 atom stereocenters. The van der Waals surface area contributed by atoms with Crippen molar-refractivity contribution in [2.75, 3.05) is 12.4 Å². The van der Waals surface area contributed by atoms with Crippen LogP contribution in [0.4, 0.5) is 10.5 Å². The second-order valence-electron chi connectivity index (χ2n) is 5.06. The van der Waals surface area contributed by atoms with Crippen LogP contribution in [0, 0.1) is 18.3 Å². The maximum Gasteiger partial charge on any atom is 0.321 e. The quantitative estimate of drug-likeness (QED) is 0.924. The molecule has 0 aliphatic carbocycles. The number of anilines is 1. The molecule has 5 heteroatoms. The Morgan fingerprint density at radius 1 is 1.32 bits per heavy atom. The van der Waals surface area contributed by atoms with Crippen molar-refractivity contribution in [3.05, 3.63) is 64.2 Å². The predicted molar refractivity (Wildman–Crippen MR) is 87.8 cm³/mol. The van der Waals surface area contributed by atoms with Crippen molar-refractivity contribution in [2.24, 2.45) is 0 Å². The first-order valence-corrected chi connectivity index (χ1v) is 7.14. The van der Waals surface area contributed by atoms with E-state index < -0.39 is 0 Å². The Morgan fingerprint density at radius 3 is 2.82 bits per heavy atom. The standard InChI is InChI=1S/C17H16ClN3O/c1-12-6-7-15(18)9-16(12)20-17(22)21(2)11-14-5-3-4-13(8-14)10-19/h3-9H,11H2,1-2H3,(H,20,22). The Labute approximate surface area is 134 Å². The molecule has 0 aliphatic rings. The summed E-state index contributed by atoms with van der Waals surface area (Å²) in [6.07, 6.45) is 0. The third-order valence-electron chi connectivity index (χ3n) is 3.26. The molecule has 1 N–H and O–H groups in total. The van der Waals surface area contributed by atoms with Gasteiger partial charge in [0.2, 0.25) is 0 Å². The lowest BCUT2D eigenvalue weighted by Crippen LogP contribution is -2.31. The van der Waals surface area contributed by atoms with Gasteiger partial charge in [-0.3, -0.25) is 0 Å². The van der Waals surface area contributed by atoms with Crippen LogP contribution in [0.2, 0.25) is 5.02 Å². The average molecular weight is 314 g/mol. The van der Waals surface area contributed by atoms with Crippen molar-refractivity contribution < 1.29 is 4.79 Å². The van der Waals surface area contributed by atoms with Crippen LogP contribution >= 0.6 is 11.6 Å². The summed E-state index contributed by atoms with van der Waals surface area (Å²) in [6.45, 7) is 2.32. The molecule has 0 unspecified atom stereocenters. The number of nitrogens with one attached hydrogen (secondary N) is 1. The molecule has 0 saturated heterocycles. The van der Waals surface area contributed by atoms with Crippen molar-refractivity contribution in [1.82, 2.24) is 4.90 Å². The van der Waals surface area contributed by atoms with Gasteiger partial charge in [0.05, 0.1) is 11.6 Å². The summed E-state index contributed by atoms with van der Waals surface area (Å²) >= 11 is 5.95. The van der Waals surface area contributed by atoms with Gasteiger partial charge in [0.1, 0.15) is 0 Å². The summed E-state index contributed by atoms with van der Waals surface area (Å²) in [5.41, 5.74) is 3.12. The number of amides is 2. The van der Waals surface area contributed by atoms with Crippen LogP contribution in [-0.2, 0) is 6.54 Å². The van der Waals surface area contributed by atoms with Crippen molar-refractivity contribution in [3.63, 3.8) is 0 Å². The Bertz CT molecular complexity index is 737. The normalized spacial score (nSPS) is 9.91. The van der Waals surface area contributed by atoms with Gasteiger partial charge in [-0.25, -0.2) is 4.79 Å². The van der Waals surface area contributed by atoms with E-state index >= 15 is 0 Å². The molecule has 2 rings (SSSR count). The molecule has 0 radical (unpaired) electrons. The summed E-state index contributed by atoms with van der Waals surface area (Å²) in [6, 6.07) is 14.4. The minimum Gasteiger partial charge on any atom is -0.323 e. The Morgan fingerprint density at radius 2 is 2.09 bits per heavy atom. The maximum atomic E-state index is 12.2. The SMILES string of the molecule is Cc1ccc(Cl)cc1NC(=O)N(C)Cc1cccc(C#N)c1. The predicted octanol–water partition coefficient (Wildman–Crippen LogP) is 4.18. The van der Waals surface area contributed by atoms with Crippen LogP contribution in [0.15, 0.2) is 42.5 Å². The number of urea groups is 1. The highest BCUT2D eigenvalue weighted by atomic mass is 35.5. The van der Waals surface area contributed by atoms with E-state index in [0.717, 1.165) is 11.1 Å². The van der Waals surface area contributed by atoms with Crippen molar-refractivity contribution in [1.29, 1.82) is 5.26 Å². The third kappa shape index (κ3) is 4.00. The lowest BCUT2D eigenvalue weighted by molar-refractivity contribution is 0.220. The van der Waals surface area contributed by atoms with E-state index in [1.807, 2.05) is 19.1 Å². The van der Waals surface area contributed by atoms with Crippen molar-refractivity contribution in [3.8, 4) is 6.07 Å². The van der Waals surface area contributed by atoms with Crippen LogP contribution in [0.25, 0.3) is 0 Å². The molecule has 0 spiro atoms. The van der Waals surface area contributed by atoms with E-state index in [2.05, 4.69) is 11.4 Å². The molecule has 2 aromatic rings. The molecule has 2 amide bonds. The highest BCUT2D eigenvalue weighted by molar-refractivity contribution is 6.31. The lowest BCUT2D eigenvalue weighted by atomic mass is 10.1. The zero-order valence-electron chi connectivity index (χ0n) is 12.4. The van der Waals surface area contributed by atoms with Gasteiger partial charge in [-0.05, 0) is 42.3 Å². The second kappa shape index (κ2) is 6.97. The number of hydrogen-bond donors (Lipinski definition) is 1. The number of benzene rings is 2. The fraction of sp³-hybridized carbons (Fsp3) is 0.176. The van der Waals surface area contributed by atoms with Gasteiger partial charge in [0.25, 0.3) is 0 Å². The monoisotopic (exact) mass is 313 g/mol. The Hall–Kier alpha value is -2.51. The number of carbonyl (C=O) groups excluding carboxylic acids is 1. The summed E-state index contributed by atoms with van der Waals surface area (Å²) in [5.74, 6) is 0. The van der Waals surface area contributed by atoms with Gasteiger partial charge in [-0.1, -0.05) is 29.8 Å². The van der Waals surface area contributed by atoms with E-state index in [4.69, 9.17) is 16.9 Å². The molecule has 112 valence electrons. The van der Waals surface area contributed by atoms with Crippen molar-refractivity contribution in [2.45, 2.75) is 13.5 Å². The van der Waals surface area contributed by atoms with Crippen molar-refractivity contribution >= 4 is 23.3 Å². The van der Waals surface area contributed by atoms with E-state index in [1.54, 1.807) is 42.3 Å². The third-order valence-corrected chi connectivity index (χ3v) is 3.50. The number of rotatable bonds is 3. The topological polar surface area (TPSA) is 56.1 Å². The molecule has 0 heterocycles. The molecule has 0 saturated carbocycles. The fourth-order valence-corrected chi connectivity index (χ4v) is 2.20. The first kappa shape index (κ1) is 15.9. The smallest absolute Gasteiger partial charge is 0.321 e. The maximum absolute atomic E-state index is 12.2. The Kier molecular flexibility index (Phi) is 5.03. The minimum absolute atomic E-state index is 0.229. The molecule has 0 aromatic heterocycles. The lowest BCUT2D eigenvalue weighted by Gasteiger charge is -2.19. The summed E-state index contributed by atoms with van der Waals surface area (Å²) in [4.78, 5) is 13.8. The number of aryl methyl sites for hydroxylation is 1. The summed E-state index contributed by atoms with van der Waals surface area (Å²) < 4.78 is 0. The second-order valence-corrected chi connectivity index (χ2v) is 5.49. The Balaban J connectivity index is 2.06. The van der Waals surface area contributed by atoms with E-state index in [-0.39, 0.29) is 6.03 Å². The molecule has 4 nitrogen and oxygen atoms in total. The molecular formula is C17H16ClN3O. The van der Waals surface area contributed by atoms with Crippen LogP contribution in [0.1, 0.15) is 16.7 Å².